The Hall–Kier alpha value is -1.60. The first-order chi connectivity index (χ1) is 10.2. The minimum atomic E-state index is 0.423. The molecule has 0 aliphatic rings. The minimum Gasteiger partial charge on any atom is -0.310 e. The molecule has 1 N–H and O–H groups in total. The summed E-state index contributed by atoms with van der Waals surface area (Å²) in [6, 6.07) is 20.1. The molecular formula is C20H27N. The first-order valence-electron chi connectivity index (χ1n) is 8.04. The molecule has 0 heterocycles. The van der Waals surface area contributed by atoms with Crippen LogP contribution < -0.4 is 5.32 Å². The van der Waals surface area contributed by atoms with Crippen LogP contribution in [0.4, 0.5) is 0 Å². The fourth-order valence-corrected chi connectivity index (χ4v) is 2.94. The summed E-state index contributed by atoms with van der Waals surface area (Å²) in [5.41, 5.74) is 4.17. The summed E-state index contributed by atoms with van der Waals surface area (Å²) in [7, 11) is 0. The van der Waals surface area contributed by atoms with Crippen molar-refractivity contribution in [3.05, 3.63) is 71.3 Å². The maximum absolute atomic E-state index is 3.72. The number of aryl methyl sites for hydroxylation is 1. The Morgan fingerprint density at radius 2 is 1.76 bits per heavy atom. The Kier molecular flexibility index (Phi) is 6.01. The SMILES string of the molecule is CCCNC(c1ccccc1)C(C)Cc1cccc(C)c1. The van der Waals surface area contributed by atoms with E-state index in [0.717, 1.165) is 13.0 Å². The maximum atomic E-state index is 3.72. The van der Waals surface area contributed by atoms with Gasteiger partial charge in [0.25, 0.3) is 0 Å². The second-order valence-corrected chi connectivity index (χ2v) is 6.01. The molecule has 0 aliphatic carbocycles. The predicted octanol–water partition coefficient (Wildman–Crippen LogP) is 4.91. The van der Waals surface area contributed by atoms with E-state index in [1.165, 1.54) is 23.1 Å². The highest BCUT2D eigenvalue weighted by Gasteiger charge is 2.18. The first kappa shape index (κ1) is 15.8. The van der Waals surface area contributed by atoms with E-state index in [1.54, 1.807) is 0 Å². The summed E-state index contributed by atoms with van der Waals surface area (Å²) in [6.07, 6.45) is 2.28. The van der Waals surface area contributed by atoms with Gasteiger partial charge in [0.05, 0.1) is 0 Å². The third-order valence-electron chi connectivity index (χ3n) is 3.98. The summed E-state index contributed by atoms with van der Waals surface area (Å²) in [4.78, 5) is 0. The van der Waals surface area contributed by atoms with E-state index in [-0.39, 0.29) is 0 Å². The van der Waals surface area contributed by atoms with Gasteiger partial charge in [-0.25, -0.2) is 0 Å². The first-order valence-corrected chi connectivity index (χ1v) is 8.04. The van der Waals surface area contributed by atoms with E-state index in [0.29, 0.717) is 12.0 Å². The third kappa shape index (κ3) is 4.71. The molecule has 1 nitrogen and oxygen atoms in total. The van der Waals surface area contributed by atoms with Crippen molar-refractivity contribution >= 4 is 0 Å². The summed E-state index contributed by atoms with van der Waals surface area (Å²) in [5, 5.41) is 3.72. The van der Waals surface area contributed by atoms with Crippen LogP contribution in [-0.4, -0.2) is 6.54 Å². The number of hydrogen-bond donors (Lipinski definition) is 1. The van der Waals surface area contributed by atoms with Crippen molar-refractivity contribution in [3.63, 3.8) is 0 Å². The quantitative estimate of drug-likeness (QED) is 0.760. The van der Waals surface area contributed by atoms with E-state index < -0.39 is 0 Å². The Bertz CT molecular complexity index is 533. The molecule has 2 aromatic carbocycles. The lowest BCUT2D eigenvalue weighted by molar-refractivity contribution is 0.384. The normalized spacial score (nSPS) is 13.9. The summed E-state index contributed by atoms with van der Waals surface area (Å²) in [5.74, 6) is 0.570. The largest absolute Gasteiger partial charge is 0.310 e. The van der Waals surface area contributed by atoms with Crippen LogP contribution in [0.5, 0.6) is 0 Å². The molecule has 21 heavy (non-hydrogen) atoms. The average molecular weight is 281 g/mol. The molecule has 2 unspecified atom stereocenters. The molecule has 0 fully saturated rings. The van der Waals surface area contributed by atoms with E-state index >= 15 is 0 Å². The van der Waals surface area contributed by atoms with Crippen LogP contribution in [0.15, 0.2) is 54.6 Å². The molecule has 112 valence electrons. The van der Waals surface area contributed by atoms with Gasteiger partial charge in [0.15, 0.2) is 0 Å². The zero-order valence-corrected chi connectivity index (χ0v) is 13.5. The molecule has 0 saturated carbocycles. The smallest absolute Gasteiger partial charge is 0.0349 e. The van der Waals surface area contributed by atoms with Crippen molar-refractivity contribution in [2.24, 2.45) is 5.92 Å². The number of benzene rings is 2. The van der Waals surface area contributed by atoms with Crippen LogP contribution in [0, 0.1) is 12.8 Å². The summed E-state index contributed by atoms with van der Waals surface area (Å²) in [6.45, 7) is 7.80. The lowest BCUT2D eigenvalue weighted by atomic mass is 9.88. The molecule has 2 rings (SSSR count). The second-order valence-electron chi connectivity index (χ2n) is 6.01. The molecule has 0 aromatic heterocycles. The predicted molar refractivity (Wildman–Crippen MR) is 91.5 cm³/mol. The van der Waals surface area contributed by atoms with Gasteiger partial charge < -0.3 is 5.32 Å². The standard InChI is InChI=1S/C20H27N/c1-4-13-21-20(19-11-6-5-7-12-19)17(3)15-18-10-8-9-16(2)14-18/h5-12,14,17,20-21H,4,13,15H2,1-3H3. The van der Waals surface area contributed by atoms with E-state index in [9.17, 15) is 0 Å². The average Bonchev–Trinajstić information content (AvgIpc) is 2.49. The fraction of sp³-hybridized carbons (Fsp3) is 0.400. The molecule has 0 aliphatic heterocycles. The van der Waals surface area contributed by atoms with Crippen LogP contribution in [-0.2, 0) is 6.42 Å². The molecule has 0 bridgehead atoms. The molecule has 0 saturated heterocycles. The van der Waals surface area contributed by atoms with Crippen molar-refractivity contribution in [3.8, 4) is 0 Å². The zero-order valence-electron chi connectivity index (χ0n) is 13.5. The Labute approximate surface area is 129 Å². The van der Waals surface area contributed by atoms with Crippen LogP contribution in [0.3, 0.4) is 0 Å². The van der Waals surface area contributed by atoms with Crippen molar-refractivity contribution in [2.75, 3.05) is 6.54 Å². The van der Waals surface area contributed by atoms with Crippen LogP contribution in [0.1, 0.15) is 43.0 Å². The Balaban J connectivity index is 2.12. The summed E-state index contributed by atoms with van der Waals surface area (Å²) >= 11 is 0. The summed E-state index contributed by atoms with van der Waals surface area (Å²) < 4.78 is 0. The van der Waals surface area contributed by atoms with E-state index in [4.69, 9.17) is 0 Å². The van der Waals surface area contributed by atoms with Gasteiger partial charge in [0.1, 0.15) is 0 Å². The van der Waals surface area contributed by atoms with Crippen molar-refractivity contribution in [1.82, 2.24) is 5.32 Å². The topological polar surface area (TPSA) is 12.0 Å². The van der Waals surface area contributed by atoms with Crippen molar-refractivity contribution < 1.29 is 0 Å². The highest BCUT2D eigenvalue weighted by atomic mass is 14.9. The van der Waals surface area contributed by atoms with Gasteiger partial charge >= 0.3 is 0 Å². The molecule has 0 amide bonds. The molecule has 0 spiro atoms. The second kappa shape index (κ2) is 7.99. The van der Waals surface area contributed by atoms with Gasteiger partial charge in [0.2, 0.25) is 0 Å². The highest BCUT2D eigenvalue weighted by molar-refractivity contribution is 5.24. The fourth-order valence-electron chi connectivity index (χ4n) is 2.94. The van der Waals surface area contributed by atoms with Crippen LogP contribution >= 0.6 is 0 Å². The Morgan fingerprint density at radius 1 is 1.00 bits per heavy atom. The number of rotatable bonds is 7. The van der Waals surface area contributed by atoms with Crippen LogP contribution in [0.25, 0.3) is 0 Å². The molecule has 2 atom stereocenters. The molecular weight excluding hydrogens is 254 g/mol. The third-order valence-corrected chi connectivity index (χ3v) is 3.98. The number of hydrogen-bond acceptors (Lipinski definition) is 1. The molecule has 1 heteroatoms. The van der Waals surface area contributed by atoms with Crippen LogP contribution in [0.2, 0.25) is 0 Å². The van der Waals surface area contributed by atoms with Crippen molar-refractivity contribution in [2.45, 2.75) is 39.7 Å². The van der Waals surface area contributed by atoms with Crippen molar-refractivity contribution in [1.29, 1.82) is 0 Å². The lowest BCUT2D eigenvalue weighted by Gasteiger charge is -2.26. The van der Waals surface area contributed by atoms with Gasteiger partial charge in [-0.05, 0) is 43.4 Å². The van der Waals surface area contributed by atoms with Gasteiger partial charge in [-0.1, -0.05) is 74.0 Å². The van der Waals surface area contributed by atoms with Gasteiger partial charge in [0, 0.05) is 6.04 Å². The molecule has 2 aromatic rings. The zero-order chi connectivity index (χ0) is 15.1. The van der Waals surface area contributed by atoms with Gasteiger partial charge in [-0.15, -0.1) is 0 Å². The minimum absolute atomic E-state index is 0.423. The van der Waals surface area contributed by atoms with E-state index in [2.05, 4.69) is 80.7 Å². The lowest BCUT2D eigenvalue weighted by Crippen LogP contribution is -2.28. The Morgan fingerprint density at radius 3 is 2.43 bits per heavy atom. The van der Waals surface area contributed by atoms with Gasteiger partial charge in [-0.3, -0.25) is 0 Å². The maximum Gasteiger partial charge on any atom is 0.0349 e. The van der Waals surface area contributed by atoms with Gasteiger partial charge in [-0.2, -0.15) is 0 Å². The monoisotopic (exact) mass is 281 g/mol. The highest BCUT2D eigenvalue weighted by Crippen LogP contribution is 2.25. The number of nitrogens with one attached hydrogen (secondary N) is 1. The molecule has 0 radical (unpaired) electrons. The van der Waals surface area contributed by atoms with E-state index in [1.807, 2.05) is 0 Å².